The van der Waals surface area contributed by atoms with Crippen LogP contribution in [0.25, 0.3) is 10.8 Å². The molecule has 2 aromatic carbocycles. The van der Waals surface area contributed by atoms with Crippen LogP contribution in [0.15, 0.2) is 30.3 Å². The summed E-state index contributed by atoms with van der Waals surface area (Å²) in [7, 11) is 0. The summed E-state index contributed by atoms with van der Waals surface area (Å²) in [5, 5.41) is 1.54. The predicted molar refractivity (Wildman–Crippen MR) is 94.3 cm³/mol. The molecule has 128 valence electrons. The average Bonchev–Trinajstić information content (AvgIpc) is 2.48. The standard InChI is InChI=1S/C20H24O4/c1-13(2)6-5-7-16-8-9-17-18(12-16)20(24-15(4)22)11-10-19(17)23-14(3)21/h8-13H,5-7H2,1-4H3. The molecule has 0 amide bonds. The molecule has 2 aromatic rings. The average molecular weight is 328 g/mol. The lowest BCUT2D eigenvalue weighted by Gasteiger charge is -2.12. The summed E-state index contributed by atoms with van der Waals surface area (Å²) in [6.07, 6.45) is 3.24. The van der Waals surface area contributed by atoms with E-state index in [-0.39, 0.29) is 11.9 Å². The Bertz CT molecular complexity index is 747. The first kappa shape index (κ1) is 18.0. The molecular formula is C20H24O4. The van der Waals surface area contributed by atoms with Crippen LogP contribution in [-0.2, 0) is 16.0 Å². The van der Waals surface area contributed by atoms with Crippen molar-refractivity contribution in [1.82, 2.24) is 0 Å². The van der Waals surface area contributed by atoms with Gasteiger partial charge in [0.05, 0.1) is 0 Å². The van der Waals surface area contributed by atoms with E-state index >= 15 is 0 Å². The summed E-state index contributed by atoms with van der Waals surface area (Å²) in [4.78, 5) is 22.6. The molecule has 4 nitrogen and oxygen atoms in total. The number of rotatable bonds is 6. The molecule has 2 rings (SSSR count). The van der Waals surface area contributed by atoms with Crippen LogP contribution in [0.4, 0.5) is 0 Å². The van der Waals surface area contributed by atoms with Gasteiger partial charge in [-0.15, -0.1) is 0 Å². The molecule has 24 heavy (non-hydrogen) atoms. The summed E-state index contributed by atoms with van der Waals surface area (Å²) in [5.74, 6) is 0.887. The molecule has 0 radical (unpaired) electrons. The molecule has 0 unspecified atom stereocenters. The first-order chi connectivity index (χ1) is 11.4. The Morgan fingerprint density at radius 1 is 0.917 bits per heavy atom. The maximum Gasteiger partial charge on any atom is 0.308 e. The summed E-state index contributed by atoms with van der Waals surface area (Å²) in [6, 6.07) is 9.29. The molecule has 0 atom stereocenters. The number of fused-ring (bicyclic) bond motifs is 1. The van der Waals surface area contributed by atoms with Crippen LogP contribution in [0.3, 0.4) is 0 Å². The lowest BCUT2D eigenvalue weighted by atomic mass is 9.99. The second-order valence-corrected chi connectivity index (χ2v) is 6.42. The van der Waals surface area contributed by atoms with Crippen molar-refractivity contribution in [3.8, 4) is 11.5 Å². The smallest absolute Gasteiger partial charge is 0.308 e. The molecular weight excluding hydrogens is 304 g/mol. The third-order valence-corrected chi connectivity index (χ3v) is 3.76. The van der Waals surface area contributed by atoms with Crippen LogP contribution in [0.1, 0.15) is 46.1 Å². The number of carbonyl (C=O) groups excluding carboxylic acids is 2. The van der Waals surface area contributed by atoms with Crippen LogP contribution < -0.4 is 9.47 Å². The van der Waals surface area contributed by atoms with Crippen LogP contribution in [0, 0.1) is 5.92 Å². The van der Waals surface area contributed by atoms with Crippen molar-refractivity contribution >= 4 is 22.7 Å². The van der Waals surface area contributed by atoms with E-state index in [2.05, 4.69) is 13.8 Å². The van der Waals surface area contributed by atoms with Crippen molar-refractivity contribution in [2.75, 3.05) is 0 Å². The minimum absolute atomic E-state index is 0.373. The zero-order valence-electron chi connectivity index (χ0n) is 14.7. The molecule has 0 aliphatic rings. The van der Waals surface area contributed by atoms with Crippen molar-refractivity contribution in [3.63, 3.8) is 0 Å². The fraction of sp³-hybridized carbons (Fsp3) is 0.400. The van der Waals surface area contributed by atoms with Crippen molar-refractivity contribution in [2.45, 2.75) is 47.0 Å². The third kappa shape index (κ3) is 4.82. The quantitative estimate of drug-likeness (QED) is 0.571. The molecule has 0 saturated carbocycles. The van der Waals surface area contributed by atoms with Gasteiger partial charge in [0.2, 0.25) is 0 Å². The van der Waals surface area contributed by atoms with Gasteiger partial charge in [0, 0.05) is 24.6 Å². The van der Waals surface area contributed by atoms with Gasteiger partial charge in [-0.25, -0.2) is 0 Å². The van der Waals surface area contributed by atoms with Crippen molar-refractivity contribution in [1.29, 1.82) is 0 Å². The van der Waals surface area contributed by atoms with E-state index in [1.54, 1.807) is 12.1 Å². The van der Waals surface area contributed by atoms with Gasteiger partial charge < -0.3 is 9.47 Å². The van der Waals surface area contributed by atoms with Crippen LogP contribution >= 0.6 is 0 Å². The van der Waals surface area contributed by atoms with Gasteiger partial charge in [-0.2, -0.15) is 0 Å². The zero-order chi connectivity index (χ0) is 17.7. The van der Waals surface area contributed by atoms with E-state index in [9.17, 15) is 9.59 Å². The number of aryl methyl sites for hydroxylation is 1. The Hall–Kier alpha value is -2.36. The number of benzene rings is 2. The highest BCUT2D eigenvalue weighted by Gasteiger charge is 2.12. The Morgan fingerprint density at radius 2 is 1.50 bits per heavy atom. The Balaban J connectivity index is 2.40. The molecule has 0 aliphatic carbocycles. The minimum Gasteiger partial charge on any atom is -0.426 e. The Kier molecular flexibility index (Phi) is 5.96. The van der Waals surface area contributed by atoms with Gasteiger partial charge in [0.1, 0.15) is 11.5 Å². The molecule has 0 aromatic heterocycles. The van der Waals surface area contributed by atoms with E-state index in [1.807, 2.05) is 18.2 Å². The zero-order valence-corrected chi connectivity index (χ0v) is 14.7. The van der Waals surface area contributed by atoms with E-state index in [1.165, 1.54) is 25.8 Å². The van der Waals surface area contributed by atoms with Crippen LogP contribution in [0.2, 0.25) is 0 Å². The van der Waals surface area contributed by atoms with Gasteiger partial charge >= 0.3 is 11.9 Å². The van der Waals surface area contributed by atoms with Gasteiger partial charge in [0.25, 0.3) is 0 Å². The molecule has 4 heteroatoms. The van der Waals surface area contributed by atoms with Crippen LogP contribution in [0.5, 0.6) is 11.5 Å². The van der Waals surface area contributed by atoms with Crippen molar-refractivity contribution < 1.29 is 19.1 Å². The molecule has 0 saturated heterocycles. The maximum absolute atomic E-state index is 11.3. The van der Waals surface area contributed by atoms with Crippen molar-refractivity contribution in [3.05, 3.63) is 35.9 Å². The molecule has 0 fully saturated rings. The highest BCUT2D eigenvalue weighted by molar-refractivity contribution is 5.96. The van der Waals surface area contributed by atoms with Gasteiger partial charge in [0.15, 0.2) is 0 Å². The number of hydrogen-bond acceptors (Lipinski definition) is 4. The minimum atomic E-state index is -0.377. The molecule has 0 heterocycles. The fourth-order valence-corrected chi connectivity index (χ4v) is 2.70. The summed E-state index contributed by atoms with van der Waals surface area (Å²) >= 11 is 0. The monoisotopic (exact) mass is 328 g/mol. The summed E-state index contributed by atoms with van der Waals surface area (Å²) in [5.41, 5.74) is 1.18. The number of hydrogen-bond donors (Lipinski definition) is 0. The number of ether oxygens (including phenoxy) is 2. The third-order valence-electron chi connectivity index (χ3n) is 3.76. The Labute approximate surface area is 142 Å². The number of esters is 2. The Morgan fingerprint density at radius 3 is 2.04 bits per heavy atom. The number of carbonyl (C=O) groups is 2. The van der Waals surface area contributed by atoms with E-state index in [0.29, 0.717) is 17.4 Å². The van der Waals surface area contributed by atoms with Crippen LogP contribution in [-0.4, -0.2) is 11.9 Å². The van der Waals surface area contributed by atoms with E-state index in [0.717, 1.165) is 23.6 Å². The van der Waals surface area contributed by atoms with Crippen molar-refractivity contribution in [2.24, 2.45) is 5.92 Å². The lowest BCUT2D eigenvalue weighted by Crippen LogP contribution is -2.04. The highest BCUT2D eigenvalue weighted by Crippen LogP contribution is 2.34. The molecule has 0 N–H and O–H groups in total. The molecule has 0 bridgehead atoms. The second kappa shape index (κ2) is 7.95. The predicted octanol–water partition coefficient (Wildman–Crippen LogP) is 4.67. The van der Waals surface area contributed by atoms with Gasteiger partial charge in [-0.1, -0.05) is 32.4 Å². The second-order valence-electron chi connectivity index (χ2n) is 6.42. The van der Waals surface area contributed by atoms with Gasteiger partial charge in [-0.05, 0) is 42.5 Å². The highest BCUT2D eigenvalue weighted by atomic mass is 16.5. The largest absolute Gasteiger partial charge is 0.426 e. The molecule has 0 aliphatic heterocycles. The topological polar surface area (TPSA) is 52.6 Å². The molecule has 0 spiro atoms. The first-order valence-electron chi connectivity index (χ1n) is 8.29. The SMILES string of the molecule is CC(=O)Oc1ccc(OC(C)=O)c2cc(CCCC(C)C)ccc12. The normalized spacial score (nSPS) is 10.9. The summed E-state index contributed by atoms with van der Waals surface area (Å²) < 4.78 is 10.6. The maximum atomic E-state index is 11.3. The van der Waals surface area contributed by atoms with E-state index < -0.39 is 0 Å². The fourth-order valence-electron chi connectivity index (χ4n) is 2.70. The summed E-state index contributed by atoms with van der Waals surface area (Å²) in [6.45, 7) is 7.17. The van der Waals surface area contributed by atoms with Gasteiger partial charge in [-0.3, -0.25) is 9.59 Å². The van der Waals surface area contributed by atoms with E-state index in [4.69, 9.17) is 9.47 Å². The lowest BCUT2D eigenvalue weighted by molar-refractivity contribution is -0.132. The first-order valence-corrected chi connectivity index (χ1v) is 8.29.